The van der Waals surface area contributed by atoms with Crippen LogP contribution in [0.25, 0.3) is 11.0 Å². The summed E-state index contributed by atoms with van der Waals surface area (Å²) in [6, 6.07) is 25.5. The van der Waals surface area contributed by atoms with Crippen molar-refractivity contribution >= 4 is 28.3 Å². The molecule has 0 aliphatic rings. The number of anilines is 2. The Bertz CT molecular complexity index is 1110. The molecular weight excluding hydrogens is 348 g/mol. The van der Waals surface area contributed by atoms with E-state index in [1.54, 1.807) is 0 Å². The van der Waals surface area contributed by atoms with Crippen molar-refractivity contribution in [2.75, 3.05) is 17.3 Å². The lowest BCUT2D eigenvalue weighted by molar-refractivity contribution is 0.102. The normalized spacial score (nSPS) is 10.6. The Kier molecular flexibility index (Phi) is 4.97. The number of para-hydroxylation sites is 4. The van der Waals surface area contributed by atoms with Crippen LogP contribution in [0.4, 0.5) is 11.4 Å². The number of benzene rings is 3. The predicted octanol–water partition coefficient (Wildman–Crippen LogP) is 4.52. The maximum atomic E-state index is 12.8. The summed E-state index contributed by atoms with van der Waals surface area (Å²) in [6.45, 7) is 0.740. The smallest absolute Gasteiger partial charge is 0.275 e. The summed E-state index contributed by atoms with van der Waals surface area (Å²) in [5.74, 6) is -0.279. The van der Waals surface area contributed by atoms with Gasteiger partial charge >= 0.3 is 0 Å². The molecule has 1 amide bonds. The average molecular weight is 368 g/mol. The number of carbonyl (C=O) groups is 1. The van der Waals surface area contributed by atoms with Gasteiger partial charge in [-0.25, -0.2) is 4.98 Å². The van der Waals surface area contributed by atoms with Gasteiger partial charge in [0.15, 0.2) is 0 Å². The van der Waals surface area contributed by atoms with Gasteiger partial charge < -0.3 is 10.2 Å². The zero-order valence-corrected chi connectivity index (χ0v) is 15.5. The number of hydrogen-bond donors (Lipinski definition) is 1. The first-order chi connectivity index (χ1) is 13.7. The van der Waals surface area contributed by atoms with Crippen LogP contribution in [-0.2, 0) is 6.54 Å². The highest BCUT2D eigenvalue weighted by Gasteiger charge is 2.13. The molecule has 4 rings (SSSR count). The largest absolute Gasteiger partial charge is 0.369 e. The molecule has 5 nitrogen and oxygen atoms in total. The van der Waals surface area contributed by atoms with Gasteiger partial charge in [-0.2, -0.15) is 0 Å². The van der Waals surface area contributed by atoms with Gasteiger partial charge in [0.1, 0.15) is 5.69 Å². The fourth-order valence-electron chi connectivity index (χ4n) is 3.11. The second-order valence-corrected chi connectivity index (χ2v) is 6.56. The Morgan fingerprint density at radius 2 is 1.57 bits per heavy atom. The number of aromatic nitrogens is 2. The summed E-state index contributed by atoms with van der Waals surface area (Å²) in [5.41, 5.74) is 4.63. The van der Waals surface area contributed by atoms with E-state index in [1.807, 2.05) is 73.8 Å². The zero-order valence-electron chi connectivity index (χ0n) is 15.5. The third kappa shape index (κ3) is 3.83. The Hall–Kier alpha value is -3.73. The molecule has 138 valence electrons. The molecule has 4 aromatic rings. The first-order valence-electron chi connectivity index (χ1n) is 9.08. The second kappa shape index (κ2) is 7.88. The van der Waals surface area contributed by atoms with E-state index in [0.717, 1.165) is 23.4 Å². The van der Waals surface area contributed by atoms with Gasteiger partial charge in [0.25, 0.3) is 5.91 Å². The maximum absolute atomic E-state index is 12.8. The third-order valence-corrected chi connectivity index (χ3v) is 4.51. The highest BCUT2D eigenvalue weighted by atomic mass is 16.1. The molecule has 0 aliphatic heterocycles. The van der Waals surface area contributed by atoms with Crippen LogP contribution in [0.3, 0.4) is 0 Å². The SMILES string of the molecule is CN(Cc1ccccc1)c1ccccc1NC(=O)c1cnc2ccccc2n1. The van der Waals surface area contributed by atoms with Crippen molar-refractivity contribution in [3.63, 3.8) is 0 Å². The van der Waals surface area contributed by atoms with Gasteiger partial charge in [-0.05, 0) is 29.8 Å². The summed E-state index contributed by atoms with van der Waals surface area (Å²) < 4.78 is 0. The highest BCUT2D eigenvalue weighted by Crippen LogP contribution is 2.26. The van der Waals surface area contributed by atoms with Crippen molar-refractivity contribution in [2.24, 2.45) is 0 Å². The summed E-state index contributed by atoms with van der Waals surface area (Å²) in [7, 11) is 2.01. The van der Waals surface area contributed by atoms with Crippen molar-refractivity contribution in [3.8, 4) is 0 Å². The second-order valence-electron chi connectivity index (χ2n) is 6.56. The average Bonchev–Trinajstić information content (AvgIpc) is 2.74. The van der Waals surface area contributed by atoms with E-state index in [4.69, 9.17) is 0 Å². The number of amides is 1. The van der Waals surface area contributed by atoms with Crippen LogP contribution in [0.1, 0.15) is 16.1 Å². The van der Waals surface area contributed by atoms with E-state index < -0.39 is 0 Å². The van der Waals surface area contributed by atoms with Crippen LogP contribution in [0.2, 0.25) is 0 Å². The van der Waals surface area contributed by atoms with Crippen molar-refractivity contribution in [1.82, 2.24) is 9.97 Å². The lowest BCUT2D eigenvalue weighted by atomic mass is 10.2. The van der Waals surface area contributed by atoms with Crippen molar-refractivity contribution in [2.45, 2.75) is 6.54 Å². The minimum absolute atomic E-state index is 0.279. The van der Waals surface area contributed by atoms with Crippen LogP contribution in [0, 0.1) is 0 Å². The van der Waals surface area contributed by atoms with Gasteiger partial charge in [-0.15, -0.1) is 0 Å². The first kappa shape index (κ1) is 17.7. The Balaban J connectivity index is 1.56. The summed E-state index contributed by atoms with van der Waals surface area (Å²) in [6.07, 6.45) is 1.51. The van der Waals surface area contributed by atoms with Gasteiger partial charge in [0.2, 0.25) is 0 Å². The quantitative estimate of drug-likeness (QED) is 0.563. The van der Waals surface area contributed by atoms with Gasteiger partial charge in [0, 0.05) is 13.6 Å². The van der Waals surface area contributed by atoms with Crippen LogP contribution >= 0.6 is 0 Å². The number of nitrogens with zero attached hydrogens (tertiary/aromatic N) is 3. The Morgan fingerprint density at radius 3 is 2.39 bits per heavy atom. The Labute approximate surface area is 163 Å². The number of carbonyl (C=O) groups excluding carboxylic acids is 1. The Morgan fingerprint density at radius 1 is 0.893 bits per heavy atom. The molecule has 28 heavy (non-hydrogen) atoms. The molecule has 3 aromatic carbocycles. The number of nitrogens with one attached hydrogen (secondary N) is 1. The molecular formula is C23H20N4O. The molecule has 0 saturated heterocycles. The van der Waals surface area contributed by atoms with Gasteiger partial charge in [-0.3, -0.25) is 9.78 Å². The summed E-state index contributed by atoms with van der Waals surface area (Å²) >= 11 is 0. The lowest BCUT2D eigenvalue weighted by Gasteiger charge is -2.22. The topological polar surface area (TPSA) is 58.1 Å². The first-order valence-corrected chi connectivity index (χ1v) is 9.08. The molecule has 1 heterocycles. The fraction of sp³-hybridized carbons (Fsp3) is 0.0870. The molecule has 0 radical (unpaired) electrons. The fourth-order valence-corrected chi connectivity index (χ4v) is 3.11. The van der Waals surface area contributed by atoms with E-state index >= 15 is 0 Å². The molecule has 0 saturated carbocycles. The highest BCUT2D eigenvalue weighted by molar-refractivity contribution is 6.05. The number of fused-ring (bicyclic) bond motifs is 1. The standard InChI is InChI=1S/C23H20N4O/c1-27(16-17-9-3-2-4-10-17)22-14-8-7-13-20(22)26-23(28)21-15-24-18-11-5-6-12-19(18)25-21/h2-15H,16H2,1H3,(H,26,28). The van der Waals surface area contributed by atoms with Crippen LogP contribution in [0.15, 0.2) is 85.1 Å². The predicted molar refractivity (Wildman–Crippen MR) is 112 cm³/mol. The van der Waals surface area contributed by atoms with E-state index in [2.05, 4.69) is 32.3 Å². The summed E-state index contributed by atoms with van der Waals surface area (Å²) in [5, 5.41) is 2.98. The number of hydrogen-bond acceptors (Lipinski definition) is 4. The monoisotopic (exact) mass is 368 g/mol. The van der Waals surface area contributed by atoms with Crippen LogP contribution < -0.4 is 10.2 Å². The molecule has 0 unspecified atom stereocenters. The van der Waals surface area contributed by atoms with E-state index in [1.165, 1.54) is 11.8 Å². The van der Waals surface area contributed by atoms with Crippen molar-refractivity contribution in [3.05, 3.63) is 96.3 Å². The zero-order chi connectivity index (χ0) is 19.3. The van der Waals surface area contributed by atoms with Gasteiger partial charge in [-0.1, -0.05) is 54.6 Å². The minimum Gasteiger partial charge on any atom is -0.369 e. The third-order valence-electron chi connectivity index (χ3n) is 4.51. The minimum atomic E-state index is -0.279. The summed E-state index contributed by atoms with van der Waals surface area (Å²) in [4.78, 5) is 23.6. The van der Waals surface area contributed by atoms with E-state index in [-0.39, 0.29) is 5.91 Å². The molecule has 0 bridgehead atoms. The number of rotatable bonds is 5. The molecule has 1 N–H and O–H groups in total. The molecule has 0 spiro atoms. The van der Waals surface area contributed by atoms with Crippen LogP contribution in [0.5, 0.6) is 0 Å². The maximum Gasteiger partial charge on any atom is 0.275 e. The van der Waals surface area contributed by atoms with E-state index in [9.17, 15) is 4.79 Å². The lowest BCUT2D eigenvalue weighted by Crippen LogP contribution is -2.20. The van der Waals surface area contributed by atoms with Crippen molar-refractivity contribution in [1.29, 1.82) is 0 Å². The van der Waals surface area contributed by atoms with E-state index in [0.29, 0.717) is 11.2 Å². The molecule has 0 fully saturated rings. The van der Waals surface area contributed by atoms with Gasteiger partial charge in [0.05, 0.1) is 28.6 Å². The molecule has 0 aliphatic carbocycles. The molecule has 0 atom stereocenters. The molecule has 5 heteroatoms. The van der Waals surface area contributed by atoms with Crippen LogP contribution in [-0.4, -0.2) is 22.9 Å². The van der Waals surface area contributed by atoms with Crippen molar-refractivity contribution < 1.29 is 4.79 Å². The molecule has 1 aromatic heterocycles.